The standard InChI is InChI=1S/C25H22N4O/c1-17(2)30-21-10-6-18(7-11-21)15-29-24-5-3-4-23-22(12-13-27-25(23)24)19-8-9-20(14-26)28-16-19/h3-13,16-17,29H,15H2,1-2H3. The third kappa shape index (κ3) is 4.23. The minimum atomic E-state index is 0.163. The van der Waals surface area contributed by atoms with Crippen LogP contribution in [-0.4, -0.2) is 16.1 Å². The number of hydrogen-bond donors (Lipinski definition) is 1. The van der Waals surface area contributed by atoms with Gasteiger partial charge in [0.2, 0.25) is 0 Å². The Labute approximate surface area is 176 Å². The molecule has 2 aromatic heterocycles. The molecule has 0 saturated carbocycles. The van der Waals surface area contributed by atoms with Crippen molar-refractivity contribution in [2.45, 2.75) is 26.5 Å². The van der Waals surface area contributed by atoms with Crippen LogP contribution in [0.2, 0.25) is 0 Å². The molecule has 0 fully saturated rings. The Kier molecular flexibility index (Phi) is 5.58. The highest BCUT2D eigenvalue weighted by atomic mass is 16.5. The van der Waals surface area contributed by atoms with E-state index in [1.165, 1.54) is 0 Å². The maximum Gasteiger partial charge on any atom is 0.140 e. The fraction of sp³-hybridized carbons (Fsp3) is 0.160. The fourth-order valence-electron chi connectivity index (χ4n) is 3.35. The molecule has 5 nitrogen and oxygen atoms in total. The van der Waals surface area contributed by atoms with Gasteiger partial charge in [-0.15, -0.1) is 0 Å². The van der Waals surface area contributed by atoms with Crippen molar-refractivity contribution >= 4 is 16.6 Å². The fourth-order valence-corrected chi connectivity index (χ4v) is 3.35. The van der Waals surface area contributed by atoms with Crippen LogP contribution in [0.15, 0.2) is 73.1 Å². The van der Waals surface area contributed by atoms with Gasteiger partial charge in [0.1, 0.15) is 17.5 Å². The highest BCUT2D eigenvalue weighted by Crippen LogP contribution is 2.31. The molecule has 2 heterocycles. The van der Waals surface area contributed by atoms with Crippen LogP contribution in [0.3, 0.4) is 0 Å². The SMILES string of the molecule is CC(C)Oc1ccc(CNc2cccc3c(-c4ccc(C#N)nc4)ccnc23)cc1. The van der Waals surface area contributed by atoms with Crippen molar-refractivity contribution < 1.29 is 4.74 Å². The highest BCUT2D eigenvalue weighted by molar-refractivity contribution is 6.00. The van der Waals surface area contributed by atoms with Gasteiger partial charge in [0, 0.05) is 29.9 Å². The van der Waals surface area contributed by atoms with Gasteiger partial charge in [0.25, 0.3) is 0 Å². The number of nitrogens with zero attached hydrogens (tertiary/aromatic N) is 3. The Morgan fingerprint density at radius 2 is 1.83 bits per heavy atom. The Balaban J connectivity index is 1.58. The molecule has 1 N–H and O–H groups in total. The van der Waals surface area contributed by atoms with E-state index in [1.54, 1.807) is 18.5 Å². The molecule has 4 aromatic rings. The van der Waals surface area contributed by atoms with E-state index >= 15 is 0 Å². The van der Waals surface area contributed by atoms with Crippen LogP contribution in [0.1, 0.15) is 25.1 Å². The number of anilines is 1. The zero-order chi connectivity index (χ0) is 20.9. The molecule has 148 valence electrons. The average molecular weight is 394 g/mol. The van der Waals surface area contributed by atoms with Crippen molar-refractivity contribution in [1.29, 1.82) is 5.26 Å². The number of para-hydroxylation sites is 1. The Morgan fingerprint density at radius 3 is 2.53 bits per heavy atom. The molecule has 0 aliphatic heterocycles. The second-order valence-corrected chi connectivity index (χ2v) is 7.27. The molecule has 0 spiro atoms. The van der Waals surface area contributed by atoms with Crippen LogP contribution in [0.4, 0.5) is 5.69 Å². The number of rotatable bonds is 6. The number of nitrogens with one attached hydrogen (secondary N) is 1. The zero-order valence-corrected chi connectivity index (χ0v) is 17.0. The lowest BCUT2D eigenvalue weighted by Crippen LogP contribution is -2.05. The number of benzene rings is 2. The van der Waals surface area contributed by atoms with E-state index in [1.807, 2.05) is 50.2 Å². The first-order valence-corrected chi connectivity index (χ1v) is 9.88. The van der Waals surface area contributed by atoms with E-state index in [9.17, 15) is 0 Å². The summed E-state index contributed by atoms with van der Waals surface area (Å²) >= 11 is 0. The lowest BCUT2D eigenvalue weighted by atomic mass is 10.0. The van der Waals surface area contributed by atoms with E-state index in [0.29, 0.717) is 12.2 Å². The van der Waals surface area contributed by atoms with Crippen molar-refractivity contribution in [1.82, 2.24) is 9.97 Å². The second-order valence-electron chi connectivity index (χ2n) is 7.27. The number of aromatic nitrogens is 2. The summed E-state index contributed by atoms with van der Waals surface area (Å²) in [7, 11) is 0. The first kappa shape index (κ1) is 19.4. The number of hydrogen-bond acceptors (Lipinski definition) is 5. The van der Waals surface area contributed by atoms with Crippen LogP contribution < -0.4 is 10.1 Å². The summed E-state index contributed by atoms with van der Waals surface area (Å²) in [5.41, 5.74) is 5.44. The molecule has 0 bridgehead atoms. The normalized spacial score (nSPS) is 10.7. The molecule has 0 aliphatic rings. The average Bonchev–Trinajstić information content (AvgIpc) is 2.78. The molecule has 0 atom stereocenters. The van der Waals surface area contributed by atoms with Crippen molar-refractivity contribution in [2.75, 3.05) is 5.32 Å². The monoisotopic (exact) mass is 394 g/mol. The van der Waals surface area contributed by atoms with Gasteiger partial charge in [-0.1, -0.05) is 24.3 Å². The van der Waals surface area contributed by atoms with Gasteiger partial charge >= 0.3 is 0 Å². The molecule has 5 heteroatoms. The number of nitriles is 1. The first-order valence-electron chi connectivity index (χ1n) is 9.88. The van der Waals surface area contributed by atoms with Crippen molar-refractivity contribution in [3.63, 3.8) is 0 Å². The summed E-state index contributed by atoms with van der Waals surface area (Å²) in [6.45, 7) is 4.72. The largest absolute Gasteiger partial charge is 0.491 e. The summed E-state index contributed by atoms with van der Waals surface area (Å²) in [5, 5.41) is 13.5. The predicted molar refractivity (Wildman–Crippen MR) is 119 cm³/mol. The third-order valence-corrected chi connectivity index (χ3v) is 4.74. The molecular formula is C25H22N4O. The van der Waals surface area contributed by atoms with Gasteiger partial charge in [-0.05, 0) is 61.4 Å². The molecular weight excluding hydrogens is 372 g/mol. The summed E-state index contributed by atoms with van der Waals surface area (Å²) < 4.78 is 5.71. The van der Waals surface area contributed by atoms with Crippen LogP contribution >= 0.6 is 0 Å². The van der Waals surface area contributed by atoms with Crippen LogP contribution in [0, 0.1) is 11.3 Å². The van der Waals surface area contributed by atoms with Gasteiger partial charge in [0.15, 0.2) is 0 Å². The number of fused-ring (bicyclic) bond motifs is 1. The minimum absolute atomic E-state index is 0.163. The highest BCUT2D eigenvalue weighted by Gasteiger charge is 2.09. The molecule has 30 heavy (non-hydrogen) atoms. The van der Waals surface area contributed by atoms with Gasteiger partial charge in [-0.2, -0.15) is 5.26 Å². The lowest BCUT2D eigenvalue weighted by Gasteiger charge is -2.13. The zero-order valence-electron chi connectivity index (χ0n) is 17.0. The summed E-state index contributed by atoms with van der Waals surface area (Å²) in [6, 6.07) is 21.9. The second kappa shape index (κ2) is 8.62. The smallest absolute Gasteiger partial charge is 0.140 e. The Hall–Kier alpha value is -3.91. The Morgan fingerprint density at radius 1 is 1.00 bits per heavy atom. The maximum absolute atomic E-state index is 8.98. The number of pyridine rings is 2. The quantitative estimate of drug-likeness (QED) is 0.463. The van der Waals surface area contributed by atoms with Gasteiger partial charge < -0.3 is 10.1 Å². The van der Waals surface area contributed by atoms with Gasteiger partial charge in [-0.3, -0.25) is 4.98 Å². The third-order valence-electron chi connectivity index (χ3n) is 4.74. The van der Waals surface area contributed by atoms with Crippen LogP contribution in [0.5, 0.6) is 5.75 Å². The summed E-state index contributed by atoms with van der Waals surface area (Å²) in [4.78, 5) is 8.80. The topological polar surface area (TPSA) is 70.8 Å². The molecule has 0 saturated heterocycles. The minimum Gasteiger partial charge on any atom is -0.491 e. The molecule has 4 rings (SSSR count). The van der Waals surface area contributed by atoms with Crippen LogP contribution in [-0.2, 0) is 6.54 Å². The van der Waals surface area contributed by atoms with Gasteiger partial charge in [-0.25, -0.2) is 4.98 Å². The molecule has 0 radical (unpaired) electrons. The predicted octanol–water partition coefficient (Wildman–Crippen LogP) is 5.57. The van der Waals surface area contributed by atoms with Crippen molar-refractivity contribution in [3.8, 4) is 22.9 Å². The van der Waals surface area contributed by atoms with Crippen molar-refractivity contribution in [3.05, 3.63) is 84.3 Å². The van der Waals surface area contributed by atoms with E-state index in [-0.39, 0.29) is 6.10 Å². The molecule has 0 unspecified atom stereocenters. The van der Waals surface area contributed by atoms with E-state index in [0.717, 1.165) is 39.0 Å². The first-order chi connectivity index (χ1) is 14.6. The molecule has 0 amide bonds. The van der Waals surface area contributed by atoms with E-state index < -0.39 is 0 Å². The van der Waals surface area contributed by atoms with E-state index in [4.69, 9.17) is 10.00 Å². The summed E-state index contributed by atoms with van der Waals surface area (Å²) in [5.74, 6) is 0.876. The maximum atomic E-state index is 8.98. The van der Waals surface area contributed by atoms with Gasteiger partial charge in [0.05, 0.1) is 17.3 Å². The Bertz CT molecular complexity index is 1190. The van der Waals surface area contributed by atoms with E-state index in [2.05, 4.69) is 39.6 Å². The molecule has 2 aromatic carbocycles. The van der Waals surface area contributed by atoms with Crippen LogP contribution in [0.25, 0.3) is 22.0 Å². The number of ether oxygens (including phenoxy) is 1. The summed E-state index contributed by atoms with van der Waals surface area (Å²) in [6.07, 6.45) is 3.70. The molecule has 0 aliphatic carbocycles. The lowest BCUT2D eigenvalue weighted by molar-refractivity contribution is 0.242. The van der Waals surface area contributed by atoms with Crippen molar-refractivity contribution in [2.24, 2.45) is 0 Å².